The zero-order valence-electron chi connectivity index (χ0n) is 13.4. The van der Waals surface area contributed by atoms with Gasteiger partial charge in [0.15, 0.2) is 0 Å². The molecule has 2 aliphatic heterocycles. The van der Waals surface area contributed by atoms with Crippen molar-refractivity contribution in [3.05, 3.63) is 23.9 Å². The van der Waals surface area contributed by atoms with Crippen LogP contribution >= 0.6 is 0 Å². The molecule has 2 fully saturated rings. The Morgan fingerprint density at radius 3 is 2.25 bits per heavy atom. The number of rotatable bonds is 3. The van der Waals surface area contributed by atoms with Crippen molar-refractivity contribution >= 4 is 11.7 Å². The lowest BCUT2D eigenvalue weighted by molar-refractivity contribution is -0.137. The molecule has 0 aromatic carbocycles. The molecule has 0 aliphatic carbocycles. The minimum absolute atomic E-state index is 0.175. The second-order valence-electron chi connectivity index (χ2n) is 6.25. The van der Waals surface area contributed by atoms with E-state index < -0.39 is 11.7 Å². The van der Waals surface area contributed by atoms with Crippen LogP contribution in [-0.2, 0) is 11.0 Å². The van der Waals surface area contributed by atoms with Crippen molar-refractivity contribution in [3.63, 3.8) is 0 Å². The summed E-state index contributed by atoms with van der Waals surface area (Å²) < 4.78 is 37.7. The number of anilines is 1. The number of aromatic nitrogens is 1. The van der Waals surface area contributed by atoms with Gasteiger partial charge in [0, 0.05) is 45.5 Å². The quantitative estimate of drug-likeness (QED) is 0.840. The molecule has 1 aromatic rings. The van der Waals surface area contributed by atoms with E-state index in [-0.39, 0.29) is 5.91 Å². The Bertz CT molecular complexity index is 562. The summed E-state index contributed by atoms with van der Waals surface area (Å²) in [4.78, 5) is 22.0. The third-order valence-electron chi connectivity index (χ3n) is 4.59. The fraction of sp³-hybridized carbons (Fsp3) is 0.625. The summed E-state index contributed by atoms with van der Waals surface area (Å²) in [7, 11) is 0. The molecule has 2 saturated heterocycles. The van der Waals surface area contributed by atoms with Crippen molar-refractivity contribution in [1.82, 2.24) is 14.8 Å². The van der Waals surface area contributed by atoms with Gasteiger partial charge in [-0.2, -0.15) is 13.2 Å². The first-order chi connectivity index (χ1) is 11.4. The van der Waals surface area contributed by atoms with Gasteiger partial charge in [0.2, 0.25) is 5.91 Å². The summed E-state index contributed by atoms with van der Waals surface area (Å²) in [6.07, 6.45) is -1.32. The fourth-order valence-corrected chi connectivity index (χ4v) is 3.13. The summed E-state index contributed by atoms with van der Waals surface area (Å²) in [6, 6.07) is 2.47. The maximum Gasteiger partial charge on any atom is 0.417 e. The summed E-state index contributed by atoms with van der Waals surface area (Å²) >= 11 is 0. The van der Waals surface area contributed by atoms with Crippen molar-refractivity contribution in [2.75, 3.05) is 50.7 Å². The van der Waals surface area contributed by atoms with E-state index in [9.17, 15) is 18.0 Å². The van der Waals surface area contributed by atoms with Crippen LogP contribution in [0.2, 0.25) is 0 Å². The van der Waals surface area contributed by atoms with Gasteiger partial charge in [0.25, 0.3) is 0 Å². The van der Waals surface area contributed by atoms with E-state index in [0.29, 0.717) is 38.5 Å². The van der Waals surface area contributed by atoms with E-state index >= 15 is 0 Å². The third-order valence-corrected chi connectivity index (χ3v) is 4.59. The van der Waals surface area contributed by atoms with Crippen LogP contribution in [0.25, 0.3) is 0 Å². The Hall–Kier alpha value is -1.83. The van der Waals surface area contributed by atoms with Crippen LogP contribution in [0.3, 0.4) is 0 Å². The maximum atomic E-state index is 12.6. The second kappa shape index (κ2) is 6.96. The number of halogens is 3. The average Bonchev–Trinajstić information content (AvgIpc) is 3.09. The molecule has 24 heavy (non-hydrogen) atoms. The smallest absolute Gasteiger partial charge is 0.354 e. The molecule has 0 unspecified atom stereocenters. The molecule has 1 amide bonds. The van der Waals surface area contributed by atoms with Crippen LogP contribution in [0.5, 0.6) is 0 Å². The molecule has 3 rings (SSSR count). The molecule has 0 radical (unpaired) electrons. The molecule has 2 aliphatic rings. The third kappa shape index (κ3) is 3.98. The predicted molar refractivity (Wildman–Crippen MR) is 83.7 cm³/mol. The van der Waals surface area contributed by atoms with Crippen LogP contribution in [-0.4, -0.2) is 66.5 Å². The van der Waals surface area contributed by atoms with Crippen molar-refractivity contribution in [2.24, 2.45) is 0 Å². The highest BCUT2D eigenvalue weighted by Crippen LogP contribution is 2.29. The number of nitrogens with zero attached hydrogens (tertiary/aromatic N) is 4. The Labute approximate surface area is 139 Å². The lowest BCUT2D eigenvalue weighted by Crippen LogP contribution is -2.50. The first-order valence-electron chi connectivity index (χ1n) is 8.22. The van der Waals surface area contributed by atoms with Gasteiger partial charge < -0.3 is 9.80 Å². The standard InChI is InChI=1S/C16H21F3N4O/c17-16(18,19)13-3-4-14(20-11-13)22-9-7-21(8-10-22)12-15(24)23-5-1-2-6-23/h3-4,11H,1-2,5-10,12H2. The Balaban J connectivity index is 1.50. The lowest BCUT2D eigenvalue weighted by atomic mass is 10.2. The number of likely N-dealkylation sites (tertiary alicyclic amines) is 1. The van der Waals surface area contributed by atoms with Crippen LogP contribution in [0.1, 0.15) is 18.4 Å². The van der Waals surface area contributed by atoms with E-state index in [1.54, 1.807) is 0 Å². The predicted octanol–water partition coefficient (Wildman–Crippen LogP) is 1.84. The first-order valence-corrected chi connectivity index (χ1v) is 8.22. The Kier molecular flexibility index (Phi) is 4.93. The number of carbonyl (C=O) groups is 1. The molecular formula is C16H21F3N4O. The van der Waals surface area contributed by atoms with Crippen molar-refractivity contribution < 1.29 is 18.0 Å². The average molecular weight is 342 g/mol. The fourth-order valence-electron chi connectivity index (χ4n) is 3.13. The van der Waals surface area contributed by atoms with E-state index in [2.05, 4.69) is 9.88 Å². The molecule has 132 valence electrons. The highest BCUT2D eigenvalue weighted by molar-refractivity contribution is 5.78. The summed E-state index contributed by atoms with van der Waals surface area (Å²) in [5.74, 6) is 0.724. The molecule has 0 N–H and O–H groups in total. The maximum absolute atomic E-state index is 12.6. The van der Waals surface area contributed by atoms with Crippen LogP contribution in [0, 0.1) is 0 Å². The first kappa shape index (κ1) is 17.0. The monoisotopic (exact) mass is 342 g/mol. The topological polar surface area (TPSA) is 39.7 Å². The highest BCUT2D eigenvalue weighted by atomic mass is 19.4. The molecule has 0 atom stereocenters. The zero-order valence-corrected chi connectivity index (χ0v) is 13.4. The zero-order chi connectivity index (χ0) is 17.2. The van der Waals surface area contributed by atoms with E-state index in [1.165, 1.54) is 6.07 Å². The molecule has 0 bridgehead atoms. The van der Waals surface area contributed by atoms with Gasteiger partial charge in [-0.15, -0.1) is 0 Å². The Morgan fingerprint density at radius 2 is 1.71 bits per heavy atom. The molecule has 5 nitrogen and oxygen atoms in total. The highest BCUT2D eigenvalue weighted by Gasteiger charge is 2.31. The summed E-state index contributed by atoms with van der Waals surface area (Å²) in [5, 5.41) is 0. The molecule has 3 heterocycles. The van der Waals surface area contributed by atoms with Crippen molar-refractivity contribution in [1.29, 1.82) is 0 Å². The van der Waals surface area contributed by atoms with Gasteiger partial charge in [0.05, 0.1) is 12.1 Å². The molecule has 0 saturated carbocycles. The van der Waals surface area contributed by atoms with Gasteiger partial charge in [0.1, 0.15) is 5.82 Å². The number of hydrogen-bond donors (Lipinski definition) is 0. The number of alkyl halides is 3. The van der Waals surface area contributed by atoms with Crippen molar-refractivity contribution in [3.8, 4) is 0 Å². The Morgan fingerprint density at radius 1 is 1.04 bits per heavy atom. The van der Waals surface area contributed by atoms with E-state index in [4.69, 9.17) is 0 Å². The van der Waals surface area contributed by atoms with Gasteiger partial charge in [-0.05, 0) is 25.0 Å². The number of amides is 1. The second-order valence-corrected chi connectivity index (χ2v) is 6.25. The number of piperazine rings is 1. The minimum atomic E-state index is -4.36. The number of pyridine rings is 1. The van der Waals surface area contributed by atoms with Crippen LogP contribution in [0.15, 0.2) is 18.3 Å². The van der Waals surface area contributed by atoms with E-state index in [1.807, 2.05) is 9.80 Å². The van der Waals surface area contributed by atoms with Gasteiger partial charge in [-0.3, -0.25) is 9.69 Å². The molecule has 0 spiro atoms. The lowest BCUT2D eigenvalue weighted by Gasteiger charge is -2.35. The largest absolute Gasteiger partial charge is 0.417 e. The molecule has 1 aromatic heterocycles. The van der Waals surface area contributed by atoms with Crippen molar-refractivity contribution in [2.45, 2.75) is 19.0 Å². The number of carbonyl (C=O) groups excluding carboxylic acids is 1. The normalized spacial score (nSPS) is 19.8. The van der Waals surface area contributed by atoms with Gasteiger partial charge in [-0.1, -0.05) is 0 Å². The van der Waals surface area contributed by atoms with Gasteiger partial charge in [-0.25, -0.2) is 4.98 Å². The van der Waals surface area contributed by atoms with E-state index in [0.717, 1.165) is 38.2 Å². The SMILES string of the molecule is O=C(CN1CCN(c2ccc(C(F)(F)F)cn2)CC1)N1CCCC1. The number of hydrogen-bond acceptors (Lipinski definition) is 4. The van der Waals surface area contributed by atoms with Gasteiger partial charge >= 0.3 is 6.18 Å². The minimum Gasteiger partial charge on any atom is -0.354 e. The summed E-state index contributed by atoms with van der Waals surface area (Å²) in [5.41, 5.74) is -0.735. The van der Waals surface area contributed by atoms with Crippen LogP contribution in [0.4, 0.5) is 19.0 Å². The molecular weight excluding hydrogens is 321 g/mol. The molecule has 8 heteroatoms. The van der Waals surface area contributed by atoms with Crippen LogP contribution < -0.4 is 4.90 Å². The summed E-state index contributed by atoms with van der Waals surface area (Å²) in [6.45, 7) is 4.87.